The van der Waals surface area contributed by atoms with E-state index >= 15 is 0 Å². The lowest BCUT2D eigenvalue weighted by molar-refractivity contribution is -0.117. The number of rotatable bonds is 5. The molecule has 1 aliphatic heterocycles. The zero-order valence-corrected chi connectivity index (χ0v) is 10.6. The van der Waals surface area contributed by atoms with Crippen molar-refractivity contribution in [2.45, 2.75) is 12.8 Å². The molecule has 0 fully saturated rings. The summed E-state index contributed by atoms with van der Waals surface area (Å²) in [5.41, 5.74) is 1.78. The largest absolute Gasteiger partial charge is 0.494 e. The molecular formula is C14H17NO4. The van der Waals surface area contributed by atoms with E-state index in [0.29, 0.717) is 25.3 Å². The fourth-order valence-electron chi connectivity index (χ4n) is 1.77. The first-order valence-electron chi connectivity index (χ1n) is 6.25. The van der Waals surface area contributed by atoms with Gasteiger partial charge in [0.1, 0.15) is 19.5 Å². The molecule has 2 N–H and O–H groups in total. The zero-order valence-electron chi connectivity index (χ0n) is 10.6. The predicted octanol–water partition coefficient (Wildman–Crippen LogP) is 1.44. The maximum absolute atomic E-state index is 11.9. The summed E-state index contributed by atoms with van der Waals surface area (Å²) in [4.78, 5) is 11.9. The van der Waals surface area contributed by atoms with Crippen LogP contribution in [0.3, 0.4) is 0 Å². The highest BCUT2D eigenvalue weighted by atomic mass is 16.6. The SMILES string of the molecule is O=C(Nc1cccc(CCCO)c1)C1=COCCO1. The Morgan fingerprint density at radius 2 is 2.26 bits per heavy atom. The summed E-state index contributed by atoms with van der Waals surface area (Å²) in [5, 5.41) is 11.6. The monoisotopic (exact) mass is 263 g/mol. The minimum absolute atomic E-state index is 0.161. The minimum Gasteiger partial charge on any atom is -0.494 e. The number of carbonyl (C=O) groups is 1. The molecule has 0 bridgehead atoms. The van der Waals surface area contributed by atoms with Gasteiger partial charge in [0.2, 0.25) is 5.76 Å². The molecule has 0 radical (unpaired) electrons. The molecule has 0 aromatic heterocycles. The number of amides is 1. The van der Waals surface area contributed by atoms with Crippen LogP contribution in [0, 0.1) is 0 Å². The van der Waals surface area contributed by atoms with Gasteiger partial charge in [-0.2, -0.15) is 0 Å². The molecule has 1 aliphatic rings. The molecule has 1 amide bonds. The molecule has 2 rings (SSSR count). The van der Waals surface area contributed by atoms with E-state index in [-0.39, 0.29) is 18.3 Å². The van der Waals surface area contributed by atoms with Crippen molar-refractivity contribution in [1.29, 1.82) is 0 Å². The maximum Gasteiger partial charge on any atom is 0.294 e. The topological polar surface area (TPSA) is 67.8 Å². The molecule has 0 atom stereocenters. The third-order valence-electron chi connectivity index (χ3n) is 2.68. The standard InChI is InChI=1S/C14H17NO4/c16-6-2-4-11-3-1-5-12(9-11)15-14(17)13-10-18-7-8-19-13/h1,3,5,9-10,16H,2,4,6-8H2,(H,15,17). The van der Waals surface area contributed by atoms with Gasteiger partial charge in [0.05, 0.1) is 0 Å². The molecule has 0 spiro atoms. The second-order valence-corrected chi connectivity index (χ2v) is 4.18. The van der Waals surface area contributed by atoms with Gasteiger partial charge < -0.3 is 19.9 Å². The minimum atomic E-state index is -0.320. The summed E-state index contributed by atoms with van der Waals surface area (Å²) in [5.74, 6) is -0.133. The van der Waals surface area contributed by atoms with Crippen LogP contribution in [0.25, 0.3) is 0 Å². The fourth-order valence-corrected chi connectivity index (χ4v) is 1.77. The molecular weight excluding hydrogens is 246 g/mol. The van der Waals surface area contributed by atoms with Crippen molar-refractivity contribution in [1.82, 2.24) is 0 Å². The third-order valence-corrected chi connectivity index (χ3v) is 2.68. The van der Waals surface area contributed by atoms with Gasteiger partial charge in [-0.15, -0.1) is 0 Å². The average molecular weight is 263 g/mol. The van der Waals surface area contributed by atoms with Crippen LogP contribution in [0.4, 0.5) is 5.69 Å². The molecule has 102 valence electrons. The Labute approximate surface area is 111 Å². The lowest BCUT2D eigenvalue weighted by atomic mass is 10.1. The van der Waals surface area contributed by atoms with Crippen LogP contribution in [0.2, 0.25) is 0 Å². The Bertz CT molecular complexity index is 470. The summed E-state index contributed by atoms with van der Waals surface area (Å²) in [6.45, 7) is 1.01. The van der Waals surface area contributed by atoms with Crippen LogP contribution in [0.15, 0.2) is 36.3 Å². The van der Waals surface area contributed by atoms with E-state index in [1.165, 1.54) is 6.26 Å². The smallest absolute Gasteiger partial charge is 0.294 e. The highest BCUT2D eigenvalue weighted by Gasteiger charge is 2.15. The van der Waals surface area contributed by atoms with Crippen LogP contribution in [0.5, 0.6) is 0 Å². The maximum atomic E-state index is 11.9. The van der Waals surface area contributed by atoms with Gasteiger partial charge in [0.25, 0.3) is 5.91 Å². The Morgan fingerprint density at radius 3 is 3.00 bits per heavy atom. The first kappa shape index (κ1) is 13.4. The van der Waals surface area contributed by atoms with E-state index < -0.39 is 0 Å². The van der Waals surface area contributed by atoms with E-state index in [0.717, 1.165) is 12.0 Å². The molecule has 5 nitrogen and oxygen atoms in total. The zero-order chi connectivity index (χ0) is 13.5. The normalized spacial score (nSPS) is 14.1. The lowest BCUT2D eigenvalue weighted by Gasteiger charge is -2.15. The number of benzene rings is 1. The van der Waals surface area contributed by atoms with E-state index in [2.05, 4.69) is 5.32 Å². The Hall–Kier alpha value is -2.01. The number of aryl methyl sites for hydroxylation is 1. The van der Waals surface area contributed by atoms with Crippen LogP contribution >= 0.6 is 0 Å². The average Bonchev–Trinajstić information content (AvgIpc) is 2.46. The molecule has 0 saturated heterocycles. The number of ether oxygens (including phenoxy) is 2. The van der Waals surface area contributed by atoms with Crippen molar-refractivity contribution in [3.05, 3.63) is 41.9 Å². The Kier molecular flexibility index (Phi) is 4.80. The second kappa shape index (κ2) is 6.80. The number of hydrogen-bond acceptors (Lipinski definition) is 4. The molecule has 0 unspecified atom stereocenters. The summed E-state index contributed by atoms with van der Waals surface area (Å²) >= 11 is 0. The molecule has 1 heterocycles. The van der Waals surface area contributed by atoms with Crippen molar-refractivity contribution in [2.75, 3.05) is 25.1 Å². The summed E-state index contributed by atoms with van der Waals surface area (Å²) < 4.78 is 10.2. The van der Waals surface area contributed by atoms with E-state index in [1.54, 1.807) is 0 Å². The summed E-state index contributed by atoms with van der Waals surface area (Å²) in [6.07, 6.45) is 2.82. The number of hydrogen-bond donors (Lipinski definition) is 2. The van der Waals surface area contributed by atoms with Gasteiger partial charge in [-0.3, -0.25) is 4.79 Å². The number of anilines is 1. The Balaban J connectivity index is 1.98. The number of carbonyl (C=O) groups excluding carboxylic acids is 1. The fraction of sp³-hybridized carbons (Fsp3) is 0.357. The highest BCUT2D eigenvalue weighted by Crippen LogP contribution is 2.14. The van der Waals surface area contributed by atoms with Crippen LogP contribution in [0.1, 0.15) is 12.0 Å². The highest BCUT2D eigenvalue weighted by molar-refractivity contribution is 6.02. The van der Waals surface area contributed by atoms with E-state index in [4.69, 9.17) is 14.6 Å². The lowest BCUT2D eigenvalue weighted by Crippen LogP contribution is -2.21. The number of aliphatic hydroxyl groups is 1. The van der Waals surface area contributed by atoms with Crippen LogP contribution < -0.4 is 5.32 Å². The van der Waals surface area contributed by atoms with Gasteiger partial charge in [-0.25, -0.2) is 0 Å². The molecule has 0 saturated carbocycles. The molecule has 1 aromatic rings. The summed E-state index contributed by atoms with van der Waals surface area (Å²) in [7, 11) is 0. The first-order chi connectivity index (χ1) is 9.29. The van der Waals surface area contributed by atoms with Crippen molar-refractivity contribution in [2.24, 2.45) is 0 Å². The first-order valence-corrected chi connectivity index (χ1v) is 6.25. The Morgan fingerprint density at radius 1 is 1.37 bits per heavy atom. The van der Waals surface area contributed by atoms with E-state index in [1.807, 2.05) is 24.3 Å². The molecule has 19 heavy (non-hydrogen) atoms. The third kappa shape index (κ3) is 3.99. The van der Waals surface area contributed by atoms with Crippen molar-refractivity contribution < 1.29 is 19.4 Å². The van der Waals surface area contributed by atoms with Crippen molar-refractivity contribution in [3.63, 3.8) is 0 Å². The second-order valence-electron chi connectivity index (χ2n) is 4.18. The van der Waals surface area contributed by atoms with Crippen molar-refractivity contribution in [3.8, 4) is 0 Å². The van der Waals surface area contributed by atoms with Gasteiger partial charge in [0.15, 0.2) is 0 Å². The molecule has 5 heteroatoms. The van der Waals surface area contributed by atoms with Crippen molar-refractivity contribution >= 4 is 11.6 Å². The quantitative estimate of drug-likeness (QED) is 0.843. The summed E-state index contributed by atoms with van der Waals surface area (Å²) in [6, 6.07) is 7.53. The molecule has 1 aromatic carbocycles. The van der Waals surface area contributed by atoms with Gasteiger partial charge >= 0.3 is 0 Å². The van der Waals surface area contributed by atoms with Crippen LogP contribution in [-0.2, 0) is 20.7 Å². The van der Waals surface area contributed by atoms with E-state index in [9.17, 15) is 4.79 Å². The number of aliphatic hydroxyl groups excluding tert-OH is 1. The van der Waals surface area contributed by atoms with Gasteiger partial charge in [0, 0.05) is 12.3 Å². The predicted molar refractivity (Wildman–Crippen MR) is 70.5 cm³/mol. The number of nitrogens with one attached hydrogen (secondary N) is 1. The molecule has 0 aliphatic carbocycles. The van der Waals surface area contributed by atoms with Crippen LogP contribution in [-0.4, -0.2) is 30.8 Å². The van der Waals surface area contributed by atoms with Gasteiger partial charge in [-0.1, -0.05) is 12.1 Å². The van der Waals surface area contributed by atoms with Gasteiger partial charge in [-0.05, 0) is 30.5 Å².